The summed E-state index contributed by atoms with van der Waals surface area (Å²) in [5, 5.41) is 8.60. The largest absolute Gasteiger partial charge is 0.478 e. The second-order valence-electron chi connectivity index (χ2n) is 2.73. The van der Waals surface area contributed by atoms with Crippen LogP contribution in [0.2, 0.25) is 0 Å². The van der Waals surface area contributed by atoms with Crippen LogP contribution in [-0.2, 0) is 4.79 Å². The second-order valence-corrected chi connectivity index (χ2v) is 2.73. The first-order chi connectivity index (χ1) is 6.24. The van der Waals surface area contributed by atoms with E-state index in [1.165, 1.54) is 6.08 Å². The second kappa shape index (κ2) is 4.45. The van der Waals surface area contributed by atoms with Gasteiger partial charge in [-0.2, -0.15) is 0 Å². The molecule has 0 amide bonds. The minimum Gasteiger partial charge on any atom is -0.478 e. The van der Waals surface area contributed by atoms with Crippen LogP contribution in [0.5, 0.6) is 0 Å². The number of benzene rings is 1. The summed E-state index contributed by atoms with van der Waals surface area (Å²) in [4.78, 5) is 10.5. The number of rotatable bonds is 3. The first kappa shape index (κ1) is 9.52. The highest BCUT2D eigenvalue weighted by Crippen LogP contribution is 2.16. The van der Waals surface area contributed by atoms with Crippen molar-refractivity contribution in [2.75, 3.05) is 0 Å². The van der Waals surface area contributed by atoms with E-state index in [1.54, 1.807) is 0 Å². The van der Waals surface area contributed by atoms with Crippen molar-refractivity contribution in [1.29, 1.82) is 0 Å². The van der Waals surface area contributed by atoms with Gasteiger partial charge in [0.1, 0.15) is 0 Å². The van der Waals surface area contributed by atoms with Gasteiger partial charge in [-0.1, -0.05) is 37.3 Å². The Morgan fingerprint density at radius 2 is 2.00 bits per heavy atom. The molecule has 1 N–H and O–H groups in total. The number of allylic oxidation sites excluding steroid dienone is 1. The van der Waals surface area contributed by atoms with E-state index < -0.39 is 5.97 Å². The summed E-state index contributed by atoms with van der Waals surface area (Å²) in [7, 11) is 0. The van der Waals surface area contributed by atoms with Crippen molar-refractivity contribution in [2.24, 2.45) is 0 Å². The fourth-order valence-corrected chi connectivity index (χ4v) is 1.19. The molecular formula is C11H12O2. The molecule has 0 aliphatic carbocycles. The highest BCUT2D eigenvalue weighted by atomic mass is 16.4. The molecule has 0 spiro atoms. The highest BCUT2D eigenvalue weighted by molar-refractivity contribution is 5.89. The standard InChI is InChI=1S/C11H12O2/c1-2-9(8-11(12)13)10-6-4-3-5-7-10/h3-8H,2H2,1H3,(H,12,13)/b9-8-. The van der Waals surface area contributed by atoms with Crippen LogP contribution in [-0.4, -0.2) is 11.1 Å². The zero-order valence-corrected chi connectivity index (χ0v) is 7.53. The van der Waals surface area contributed by atoms with Crippen molar-refractivity contribution < 1.29 is 9.90 Å². The van der Waals surface area contributed by atoms with Crippen molar-refractivity contribution in [3.63, 3.8) is 0 Å². The molecule has 0 aliphatic heterocycles. The number of hydrogen-bond donors (Lipinski definition) is 1. The predicted molar refractivity (Wildman–Crippen MR) is 52.3 cm³/mol. The zero-order valence-electron chi connectivity index (χ0n) is 7.53. The van der Waals surface area contributed by atoms with E-state index in [-0.39, 0.29) is 0 Å². The quantitative estimate of drug-likeness (QED) is 0.718. The maximum atomic E-state index is 10.5. The van der Waals surface area contributed by atoms with Crippen LogP contribution >= 0.6 is 0 Å². The Morgan fingerprint density at radius 1 is 1.38 bits per heavy atom. The first-order valence-corrected chi connectivity index (χ1v) is 4.23. The summed E-state index contributed by atoms with van der Waals surface area (Å²) >= 11 is 0. The molecule has 1 aromatic carbocycles. The van der Waals surface area contributed by atoms with Crippen molar-refractivity contribution in [1.82, 2.24) is 0 Å². The van der Waals surface area contributed by atoms with Crippen LogP contribution in [0.25, 0.3) is 5.57 Å². The summed E-state index contributed by atoms with van der Waals surface area (Å²) in [6.07, 6.45) is 1.99. The van der Waals surface area contributed by atoms with Crippen LogP contribution in [0.15, 0.2) is 36.4 Å². The maximum Gasteiger partial charge on any atom is 0.328 e. The van der Waals surface area contributed by atoms with E-state index in [1.807, 2.05) is 37.3 Å². The molecule has 0 saturated heterocycles. The SMILES string of the molecule is CC/C(=C/C(=O)O)c1ccccc1. The van der Waals surface area contributed by atoms with E-state index >= 15 is 0 Å². The Hall–Kier alpha value is -1.57. The average molecular weight is 176 g/mol. The molecule has 0 aliphatic rings. The molecule has 0 unspecified atom stereocenters. The van der Waals surface area contributed by atoms with E-state index in [0.29, 0.717) is 0 Å². The monoisotopic (exact) mass is 176 g/mol. The zero-order chi connectivity index (χ0) is 9.68. The lowest BCUT2D eigenvalue weighted by atomic mass is 10.0. The topological polar surface area (TPSA) is 37.3 Å². The molecule has 0 bridgehead atoms. The lowest BCUT2D eigenvalue weighted by molar-refractivity contribution is -0.131. The van der Waals surface area contributed by atoms with Gasteiger partial charge in [0.15, 0.2) is 0 Å². The van der Waals surface area contributed by atoms with Crippen molar-refractivity contribution in [3.05, 3.63) is 42.0 Å². The van der Waals surface area contributed by atoms with Gasteiger partial charge in [0.25, 0.3) is 0 Å². The molecular weight excluding hydrogens is 164 g/mol. The fraction of sp³-hybridized carbons (Fsp3) is 0.182. The number of aliphatic carboxylic acids is 1. The Balaban J connectivity index is 2.98. The summed E-state index contributed by atoms with van der Waals surface area (Å²) in [6, 6.07) is 9.55. The lowest BCUT2D eigenvalue weighted by Crippen LogP contribution is -1.91. The molecule has 2 nitrogen and oxygen atoms in total. The first-order valence-electron chi connectivity index (χ1n) is 4.23. The third-order valence-corrected chi connectivity index (χ3v) is 1.82. The van der Waals surface area contributed by atoms with Crippen LogP contribution in [0.1, 0.15) is 18.9 Å². The molecule has 0 radical (unpaired) electrons. The minimum atomic E-state index is -0.888. The summed E-state index contributed by atoms with van der Waals surface area (Å²) in [5.41, 5.74) is 1.83. The molecule has 2 heteroatoms. The number of carboxylic acids is 1. The predicted octanol–water partition coefficient (Wildman–Crippen LogP) is 2.56. The van der Waals surface area contributed by atoms with Crippen LogP contribution in [0, 0.1) is 0 Å². The van der Waals surface area contributed by atoms with E-state index in [9.17, 15) is 4.79 Å². The third kappa shape index (κ3) is 2.75. The molecule has 0 saturated carbocycles. The van der Waals surface area contributed by atoms with Gasteiger partial charge in [-0.25, -0.2) is 4.79 Å². The summed E-state index contributed by atoms with van der Waals surface area (Å²) < 4.78 is 0. The molecule has 0 fully saturated rings. The van der Waals surface area contributed by atoms with Crippen molar-refractivity contribution >= 4 is 11.5 Å². The van der Waals surface area contributed by atoms with Crippen molar-refractivity contribution in [3.8, 4) is 0 Å². The summed E-state index contributed by atoms with van der Waals surface area (Å²) in [6.45, 7) is 1.95. The molecule has 13 heavy (non-hydrogen) atoms. The van der Waals surface area contributed by atoms with E-state index in [0.717, 1.165) is 17.6 Å². The molecule has 0 heterocycles. The third-order valence-electron chi connectivity index (χ3n) is 1.82. The van der Waals surface area contributed by atoms with Crippen LogP contribution in [0.4, 0.5) is 0 Å². The maximum absolute atomic E-state index is 10.5. The van der Waals surface area contributed by atoms with E-state index in [4.69, 9.17) is 5.11 Å². The Bertz CT molecular complexity index is 312. The van der Waals surface area contributed by atoms with Gasteiger partial charge >= 0.3 is 5.97 Å². The number of carbonyl (C=O) groups is 1. The van der Waals surface area contributed by atoms with Gasteiger partial charge in [0.05, 0.1) is 0 Å². The fourth-order valence-electron chi connectivity index (χ4n) is 1.19. The molecule has 0 aromatic heterocycles. The Labute approximate surface area is 77.5 Å². The van der Waals surface area contributed by atoms with Gasteiger partial charge < -0.3 is 5.11 Å². The lowest BCUT2D eigenvalue weighted by Gasteiger charge is -2.02. The van der Waals surface area contributed by atoms with Gasteiger partial charge in [0, 0.05) is 6.08 Å². The highest BCUT2D eigenvalue weighted by Gasteiger charge is 1.99. The molecule has 1 rings (SSSR count). The van der Waals surface area contributed by atoms with Crippen molar-refractivity contribution in [2.45, 2.75) is 13.3 Å². The normalized spacial score (nSPS) is 11.3. The number of hydrogen-bond acceptors (Lipinski definition) is 1. The Kier molecular flexibility index (Phi) is 3.26. The van der Waals surface area contributed by atoms with Crippen LogP contribution in [0.3, 0.4) is 0 Å². The summed E-state index contributed by atoms with van der Waals surface area (Å²) in [5.74, 6) is -0.888. The van der Waals surface area contributed by atoms with Gasteiger partial charge in [0.2, 0.25) is 0 Å². The average Bonchev–Trinajstić information content (AvgIpc) is 2.15. The van der Waals surface area contributed by atoms with E-state index in [2.05, 4.69) is 0 Å². The smallest absolute Gasteiger partial charge is 0.328 e. The number of carboxylic acid groups (broad SMARTS) is 1. The molecule has 0 atom stereocenters. The molecule has 68 valence electrons. The van der Waals surface area contributed by atoms with Gasteiger partial charge in [-0.05, 0) is 17.6 Å². The Morgan fingerprint density at radius 3 is 2.46 bits per heavy atom. The van der Waals surface area contributed by atoms with Gasteiger partial charge in [-0.15, -0.1) is 0 Å². The van der Waals surface area contributed by atoms with Gasteiger partial charge in [-0.3, -0.25) is 0 Å². The minimum absolute atomic E-state index is 0.732. The molecule has 1 aromatic rings. The van der Waals surface area contributed by atoms with Crippen LogP contribution < -0.4 is 0 Å².